The van der Waals surface area contributed by atoms with Crippen molar-refractivity contribution in [2.75, 3.05) is 13.1 Å². The zero-order chi connectivity index (χ0) is 10.4. The van der Waals surface area contributed by atoms with E-state index in [2.05, 4.69) is 19.2 Å². The zero-order valence-electron chi connectivity index (χ0n) is 9.76. The van der Waals surface area contributed by atoms with Crippen LogP contribution in [0.3, 0.4) is 0 Å². The first-order chi connectivity index (χ1) is 6.81. The maximum absolute atomic E-state index is 5.72. The summed E-state index contributed by atoms with van der Waals surface area (Å²) in [5.74, 6) is 1.67. The molecule has 0 spiro atoms. The van der Waals surface area contributed by atoms with E-state index in [1.807, 2.05) is 0 Å². The summed E-state index contributed by atoms with van der Waals surface area (Å²) in [7, 11) is 0. The molecular weight excluding hydrogens is 172 g/mol. The van der Waals surface area contributed by atoms with Crippen LogP contribution in [0.25, 0.3) is 0 Å². The summed E-state index contributed by atoms with van der Waals surface area (Å²) >= 11 is 0. The van der Waals surface area contributed by atoms with Gasteiger partial charge in [0.2, 0.25) is 0 Å². The molecule has 1 rings (SSSR count). The van der Waals surface area contributed by atoms with Gasteiger partial charge in [-0.3, -0.25) is 0 Å². The minimum absolute atomic E-state index is 0.697. The normalized spacial score (nSPS) is 27.6. The molecule has 0 aromatic rings. The fourth-order valence-corrected chi connectivity index (χ4v) is 2.22. The van der Waals surface area contributed by atoms with Crippen molar-refractivity contribution in [3.8, 4) is 0 Å². The van der Waals surface area contributed by atoms with Crippen LogP contribution in [0.1, 0.15) is 46.0 Å². The summed E-state index contributed by atoms with van der Waals surface area (Å²) in [4.78, 5) is 0. The molecule has 0 aromatic heterocycles. The highest BCUT2D eigenvalue weighted by Gasteiger charge is 2.35. The van der Waals surface area contributed by atoms with Crippen molar-refractivity contribution >= 4 is 0 Å². The van der Waals surface area contributed by atoms with Gasteiger partial charge in [-0.25, -0.2) is 0 Å². The minimum Gasteiger partial charge on any atom is -0.330 e. The van der Waals surface area contributed by atoms with Gasteiger partial charge in [0, 0.05) is 6.04 Å². The molecule has 1 saturated carbocycles. The Morgan fingerprint density at radius 2 is 2.14 bits per heavy atom. The third kappa shape index (κ3) is 3.97. The third-order valence-corrected chi connectivity index (χ3v) is 3.28. The van der Waals surface area contributed by atoms with Gasteiger partial charge in [0.1, 0.15) is 0 Å². The predicted molar refractivity (Wildman–Crippen MR) is 62.3 cm³/mol. The van der Waals surface area contributed by atoms with Gasteiger partial charge >= 0.3 is 0 Å². The molecule has 0 radical (unpaired) electrons. The van der Waals surface area contributed by atoms with E-state index < -0.39 is 0 Å². The molecule has 0 aromatic carbocycles. The number of hydrogen-bond donors (Lipinski definition) is 2. The molecule has 2 nitrogen and oxygen atoms in total. The Kier molecular flexibility index (Phi) is 5.49. The molecule has 0 amide bonds. The Morgan fingerprint density at radius 1 is 1.36 bits per heavy atom. The summed E-state index contributed by atoms with van der Waals surface area (Å²) in [5.41, 5.74) is 5.72. The van der Waals surface area contributed by atoms with E-state index in [1.54, 1.807) is 0 Å². The quantitative estimate of drug-likeness (QED) is 0.627. The monoisotopic (exact) mass is 198 g/mol. The van der Waals surface area contributed by atoms with Crippen LogP contribution in [0.2, 0.25) is 0 Å². The molecule has 1 fully saturated rings. The second-order valence-corrected chi connectivity index (χ2v) is 4.69. The zero-order valence-corrected chi connectivity index (χ0v) is 9.76. The van der Waals surface area contributed by atoms with Crippen LogP contribution in [0.4, 0.5) is 0 Å². The molecule has 0 saturated heterocycles. The molecule has 0 heterocycles. The maximum Gasteiger partial charge on any atom is 0.00992 e. The van der Waals surface area contributed by atoms with Gasteiger partial charge in [0.05, 0.1) is 0 Å². The third-order valence-electron chi connectivity index (χ3n) is 3.28. The Morgan fingerprint density at radius 3 is 2.71 bits per heavy atom. The lowest BCUT2D eigenvalue weighted by Gasteiger charge is -2.14. The fourth-order valence-electron chi connectivity index (χ4n) is 2.22. The van der Waals surface area contributed by atoms with Crippen molar-refractivity contribution in [1.82, 2.24) is 5.32 Å². The summed E-state index contributed by atoms with van der Waals surface area (Å²) in [5, 5.41) is 3.65. The molecule has 1 aliphatic rings. The largest absolute Gasteiger partial charge is 0.330 e. The van der Waals surface area contributed by atoms with Gasteiger partial charge in [-0.1, -0.05) is 26.7 Å². The molecule has 2 heteroatoms. The summed E-state index contributed by atoms with van der Waals surface area (Å²) < 4.78 is 0. The number of hydrogen-bond acceptors (Lipinski definition) is 2. The average molecular weight is 198 g/mol. The van der Waals surface area contributed by atoms with Crippen molar-refractivity contribution in [2.45, 2.75) is 52.0 Å². The maximum atomic E-state index is 5.72. The molecule has 84 valence electrons. The SMILES string of the molecule is CCCC(CN)CNC1CC1CCC. The van der Waals surface area contributed by atoms with E-state index in [1.165, 1.54) is 32.1 Å². The van der Waals surface area contributed by atoms with E-state index in [9.17, 15) is 0 Å². The van der Waals surface area contributed by atoms with Gasteiger partial charge in [-0.05, 0) is 44.2 Å². The molecule has 3 unspecified atom stereocenters. The van der Waals surface area contributed by atoms with Gasteiger partial charge in [0.15, 0.2) is 0 Å². The van der Waals surface area contributed by atoms with Crippen LogP contribution in [0.15, 0.2) is 0 Å². The Bertz CT molecular complexity index is 147. The highest BCUT2D eigenvalue weighted by molar-refractivity contribution is 4.92. The van der Waals surface area contributed by atoms with Crippen molar-refractivity contribution < 1.29 is 0 Å². The smallest absolute Gasteiger partial charge is 0.00992 e. The lowest BCUT2D eigenvalue weighted by atomic mass is 10.0. The van der Waals surface area contributed by atoms with Crippen LogP contribution in [-0.2, 0) is 0 Å². The standard InChI is InChI=1S/C12H26N2/c1-3-5-10(8-13)9-14-12-7-11(12)6-4-2/h10-12,14H,3-9,13H2,1-2H3. The topological polar surface area (TPSA) is 38.0 Å². The summed E-state index contributed by atoms with van der Waals surface area (Å²) in [6.45, 7) is 6.48. The van der Waals surface area contributed by atoms with E-state index in [4.69, 9.17) is 5.73 Å². The van der Waals surface area contributed by atoms with Crippen LogP contribution >= 0.6 is 0 Å². The Labute approximate surface area is 88.6 Å². The summed E-state index contributed by atoms with van der Waals surface area (Å²) in [6, 6.07) is 0.820. The van der Waals surface area contributed by atoms with Crippen molar-refractivity contribution in [2.24, 2.45) is 17.6 Å². The first-order valence-electron chi connectivity index (χ1n) is 6.25. The van der Waals surface area contributed by atoms with E-state index in [0.29, 0.717) is 5.92 Å². The molecule has 3 N–H and O–H groups in total. The van der Waals surface area contributed by atoms with Crippen LogP contribution in [-0.4, -0.2) is 19.1 Å². The number of nitrogens with one attached hydrogen (secondary N) is 1. The van der Waals surface area contributed by atoms with Crippen molar-refractivity contribution in [1.29, 1.82) is 0 Å². The van der Waals surface area contributed by atoms with E-state index >= 15 is 0 Å². The predicted octanol–water partition coefficient (Wildman–Crippen LogP) is 2.14. The van der Waals surface area contributed by atoms with Crippen LogP contribution < -0.4 is 11.1 Å². The molecule has 14 heavy (non-hydrogen) atoms. The molecule has 3 atom stereocenters. The van der Waals surface area contributed by atoms with Gasteiger partial charge in [0.25, 0.3) is 0 Å². The first kappa shape index (κ1) is 12.0. The highest BCUT2D eigenvalue weighted by Crippen LogP contribution is 2.34. The second kappa shape index (κ2) is 6.41. The van der Waals surface area contributed by atoms with Crippen LogP contribution in [0, 0.1) is 11.8 Å². The van der Waals surface area contributed by atoms with Crippen molar-refractivity contribution in [3.05, 3.63) is 0 Å². The molecule has 0 bridgehead atoms. The lowest BCUT2D eigenvalue weighted by Crippen LogP contribution is -2.30. The second-order valence-electron chi connectivity index (χ2n) is 4.69. The molecule has 1 aliphatic carbocycles. The Balaban J connectivity index is 2.03. The van der Waals surface area contributed by atoms with Crippen LogP contribution in [0.5, 0.6) is 0 Å². The number of nitrogens with two attached hydrogens (primary N) is 1. The molecule has 0 aliphatic heterocycles. The van der Waals surface area contributed by atoms with E-state index in [0.717, 1.165) is 25.0 Å². The minimum atomic E-state index is 0.697. The van der Waals surface area contributed by atoms with Crippen molar-refractivity contribution in [3.63, 3.8) is 0 Å². The first-order valence-corrected chi connectivity index (χ1v) is 6.25. The average Bonchev–Trinajstić information content (AvgIpc) is 2.92. The number of rotatable bonds is 8. The lowest BCUT2D eigenvalue weighted by molar-refractivity contribution is 0.440. The summed E-state index contributed by atoms with van der Waals surface area (Å²) in [6.07, 6.45) is 6.66. The Hall–Kier alpha value is -0.0800. The fraction of sp³-hybridized carbons (Fsp3) is 1.00. The molecular formula is C12H26N2. The van der Waals surface area contributed by atoms with E-state index in [-0.39, 0.29) is 0 Å². The van der Waals surface area contributed by atoms with Gasteiger partial charge < -0.3 is 11.1 Å². The van der Waals surface area contributed by atoms with Gasteiger partial charge in [-0.15, -0.1) is 0 Å². The van der Waals surface area contributed by atoms with Gasteiger partial charge in [-0.2, -0.15) is 0 Å². The highest BCUT2D eigenvalue weighted by atomic mass is 15.0.